The molecule has 0 radical (unpaired) electrons. The maximum atomic E-state index is 5.86. The Kier molecular flexibility index (Phi) is 4.04. The van der Waals surface area contributed by atoms with Gasteiger partial charge in [0.05, 0.1) is 0 Å². The van der Waals surface area contributed by atoms with Crippen molar-refractivity contribution in [3.8, 4) is 5.75 Å². The van der Waals surface area contributed by atoms with Gasteiger partial charge < -0.3 is 4.74 Å². The van der Waals surface area contributed by atoms with Gasteiger partial charge in [-0.1, -0.05) is 28.1 Å². The summed E-state index contributed by atoms with van der Waals surface area (Å²) in [6.45, 7) is 4.28. The molecule has 1 aliphatic rings. The van der Waals surface area contributed by atoms with Crippen molar-refractivity contribution in [1.82, 2.24) is 4.90 Å². The van der Waals surface area contributed by atoms with Crippen LogP contribution < -0.4 is 4.74 Å². The van der Waals surface area contributed by atoms with E-state index in [4.69, 9.17) is 4.74 Å². The van der Waals surface area contributed by atoms with Crippen molar-refractivity contribution in [2.45, 2.75) is 12.8 Å². The number of benzene rings is 2. The third kappa shape index (κ3) is 3.28. The van der Waals surface area contributed by atoms with Crippen LogP contribution in [-0.2, 0) is 0 Å². The highest BCUT2D eigenvalue weighted by Gasteiger charge is 2.10. The number of rotatable bonds is 4. The van der Waals surface area contributed by atoms with Gasteiger partial charge in [-0.3, -0.25) is 4.90 Å². The molecule has 0 N–H and O–H groups in total. The summed E-state index contributed by atoms with van der Waals surface area (Å²) in [5.74, 6) is 0.963. The molecule has 0 saturated carbocycles. The molecule has 0 bridgehead atoms. The molecule has 1 heterocycles. The summed E-state index contributed by atoms with van der Waals surface area (Å²) in [5, 5.41) is 2.46. The molecule has 3 heteroatoms. The van der Waals surface area contributed by atoms with Gasteiger partial charge in [0.1, 0.15) is 12.4 Å². The molecule has 3 rings (SSSR count). The van der Waals surface area contributed by atoms with Gasteiger partial charge in [-0.25, -0.2) is 0 Å². The van der Waals surface area contributed by atoms with E-state index in [1.54, 1.807) is 0 Å². The molecule has 0 spiro atoms. The van der Waals surface area contributed by atoms with E-state index < -0.39 is 0 Å². The first-order chi connectivity index (χ1) is 9.31. The molecule has 2 aromatic rings. The Labute approximate surface area is 122 Å². The number of fused-ring (bicyclic) bond motifs is 1. The fourth-order valence-corrected chi connectivity index (χ4v) is 2.96. The average molecular weight is 320 g/mol. The Morgan fingerprint density at radius 3 is 2.63 bits per heavy atom. The SMILES string of the molecule is Brc1ccc2ccc(OCCN3CCCC3)cc2c1. The molecule has 0 atom stereocenters. The Hall–Kier alpha value is -1.06. The third-order valence-electron chi connectivity index (χ3n) is 3.65. The Balaban J connectivity index is 1.63. The minimum atomic E-state index is 0.777. The van der Waals surface area contributed by atoms with Crippen molar-refractivity contribution in [1.29, 1.82) is 0 Å². The Bertz CT molecular complexity index is 564. The van der Waals surface area contributed by atoms with E-state index in [-0.39, 0.29) is 0 Å². The summed E-state index contributed by atoms with van der Waals surface area (Å²) in [6, 6.07) is 12.6. The van der Waals surface area contributed by atoms with Crippen LogP contribution >= 0.6 is 15.9 Å². The van der Waals surface area contributed by atoms with Crippen molar-refractivity contribution in [3.05, 3.63) is 40.9 Å². The summed E-state index contributed by atoms with van der Waals surface area (Å²) in [4.78, 5) is 2.47. The largest absolute Gasteiger partial charge is 0.492 e. The van der Waals surface area contributed by atoms with Gasteiger partial charge in [-0.2, -0.15) is 0 Å². The van der Waals surface area contributed by atoms with Crippen molar-refractivity contribution in [2.75, 3.05) is 26.2 Å². The molecule has 0 aromatic heterocycles. The van der Waals surface area contributed by atoms with Gasteiger partial charge >= 0.3 is 0 Å². The molecule has 2 nitrogen and oxygen atoms in total. The van der Waals surface area contributed by atoms with Crippen LogP contribution in [0.1, 0.15) is 12.8 Å². The van der Waals surface area contributed by atoms with Crippen LogP contribution in [0.15, 0.2) is 40.9 Å². The zero-order valence-corrected chi connectivity index (χ0v) is 12.5. The Morgan fingerprint density at radius 1 is 1.00 bits per heavy atom. The smallest absolute Gasteiger partial charge is 0.120 e. The van der Waals surface area contributed by atoms with Crippen molar-refractivity contribution >= 4 is 26.7 Å². The fourth-order valence-electron chi connectivity index (χ4n) is 2.58. The van der Waals surface area contributed by atoms with Gasteiger partial charge in [0.25, 0.3) is 0 Å². The number of nitrogens with zero attached hydrogens (tertiary/aromatic N) is 1. The molecule has 0 amide bonds. The maximum absolute atomic E-state index is 5.86. The second-order valence-corrected chi connectivity index (χ2v) is 5.97. The molecule has 2 aromatic carbocycles. The Morgan fingerprint density at radius 2 is 1.79 bits per heavy atom. The van der Waals surface area contributed by atoms with Gasteiger partial charge in [0.2, 0.25) is 0 Å². The first-order valence-electron chi connectivity index (χ1n) is 6.86. The van der Waals surface area contributed by atoms with Crippen molar-refractivity contribution < 1.29 is 4.74 Å². The third-order valence-corrected chi connectivity index (χ3v) is 4.14. The molecule has 100 valence electrons. The summed E-state index contributed by atoms with van der Waals surface area (Å²) >= 11 is 3.51. The highest BCUT2D eigenvalue weighted by molar-refractivity contribution is 9.10. The lowest BCUT2D eigenvalue weighted by atomic mass is 10.1. The molecule has 0 aliphatic carbocycles. The molecular weight excluding hydrogens is 302 g/mol. The number of halogens is 1. The van der Waals surface area contributed by atoms with Gasteiger partial charge in [0.15, 0.2) is 0 Å². The number of likely N-dealkylation sites (tertiary alicyclic amines) is 1. The average Bonchev–Trinajstić information content (AvgIpc) is 2.91. The summed E-state index contributed by atoms with van der Waals surface area (Å²) in [6.07, 6.45) is 2.67. The zero-order valence-electron chi connectivity index (χ0n) is 10.9. The highest BCUT2D eigenvalue weighted by atomic mass is 79.9. The maximum Gasteiger partial charge on any atom is 0.120 e. The van der Waals surface area contributed by atoms with E-state index in [9.17, 15) is 0 Å². The van der Waals surface area contributed by atoms with Crippen LogP contribution in [0.25, 0.3) is 10.8 Å². The standard InChI is InChI=1S/C16H18BrNO/c17-15-5-3-13-4-6-16(12-14(13)11-15)19-10-9-18-7-1-2-8-18/h3-6,11-12H,1-2,7-10H2. The predicted molar refractivity (Wildman–Crippen MR) is 82.8 cm³/mol. The van der Waals surface area contributed by atoms with Crippen molar-refractivity contribution in [3.63, 3.8) is 0 Å². The first kappa shape index (κ1) is 12.9. The van der Waals surface area contributed by atoms with E-state index in [2.05, 4.69) is 57.2 Å². The highest BCUT2D eigenvalue weighted by Crippen LogP contribution is 2.24. The number of ether oxygens (including phenoxy) is 1. The van der Waals surface area contributed by atoms with E-state index in [0.717, 1.165) is 23.4 Å². The summed E-state index contributed by atoms with van der Waals surface area (Å²) in [5.41, 5.74) is 0. The molecule has 19 heavy (non-hydrogen) atoms. The molecule has 0 unspecified atom stereocenters. The summed E-state index contributed by atoms with van der Waals surface area (Å²) < 4.78 is 6.96. The normalized spacial score (nSPS) is 16.1. The molecule has 1 fully saturated rings. The minimum Gasteiger partial charge on any atom is -0.492 e. The fraction of sp³-hybridized carbons (Fsp3) is 0.375. The van der Waals surface area contributed by atoms with Crippen LogP contribution in [0.2, 0.25) is 0 Å². The van der Waals surface area contributed by atoms with Crippen molar-refractivity contribution in [2.24, 2.45) is 0 Å². The first-order valence-corrected chi connectivity index (χ1v) is 7.65. The number of hydrogen-bond donors (Lipinski definition) is 0. The lowest BCUT2D eigenvalue weighted by Crippen LogP contribution is -2.25. The second-order valence-electron chi connectivity index (χ2n) is 5.05. The van der Waals surface area contributed by atoms with Crippen LogP contribution in [0.5, 0.6) is 5.75 Å². The topological polar surface area (TPSA) is 12.5 Å². The molecule has 1 aliphatic heterocycles. The lowest BCUT2D eigenvalue weighted by molar-refractivity contribution is 0.238. The van der Waals surface area contributed by atoms with Crippen LogP contribution in [0.3, 0.4) is 0 Å². The van der Waals surface area contributed by atoms with E-state index >= 15 is 0 Å². The monoisotopic (exact) mass is 319 g/mol. The number of hydrogen-bond acceptors (Lipinski definition) is 2. The van der Waals surface area contributed by atoms with Gasteiger partial charge in [-0.05, 0) is 61.0 Å². The van der Waals surface area contributed by atoms with E-state index in [0.29, 0.717) is 0 Å². The van der Waals surface area contributed by atoms with Crippen LogP contribution in [-0.4, -0.2) is 31.1 Å². The molecular formula is C16H18BrNO. The second kappa shape index (κ2) is 5.93. The van der Waals surface area contributed by atoms with E-state index in [1.165, 1.54) is 36.7 Å². The van der Waals surface area contributed by atoms with E-state index in [1.807, 2.05) is 0 Å². The van der Waals surface area contributed by atoms with Crippen LogP contribution in [0, 0.1) is 0 Å². The zero-order chi connectivity index (χ0) is 13.1. The quantitative estimate of drug-likeness (QED) is 0.842. The van der Waals surface area contributed by atoms with Gasteiger partial charge in [-0.15, -0.1) is 0 Å². The minimum absolute atomic E-state index is 0.777. The molecule has 1 saturated heterocycles. The van der Waals surface area contributed by atoms with Crippen LogP contribution in [0.4, 0.5) is 0 Å². The summed E-state index contributed by atoms with van der Waals surface area (Å²) in [7, 11) is 0. The lowest BCUT2D eigenvalue weighted by Gasteiger charge is -2.15. The predicted octanol–water partition coefficient (Wildman–Crippen LogP) is 4.08. The van der Waals surface area contributed by atoms with Gasteiger partial charge in [0, 0.05) is 11.0 Å².